The third kappa shape index (κ3) is 3.30. The van der Waals surface area contributed by atoms with Gasteiger partial charge in [-0.3, -0.25) is 0 Å². The molecule has 3 nitrogen and oxygen atoms in total. The van der Waals surface area contributed by atoms with E-state index in [1.54, 1.807) is 11.6 Å². The van der Waals surface area contributed by atoms with Gasteiger partial charge in [0.1, 0.15) is 0 Å². The van der Waals surface area contributed by atoms with E-state index in [-0.39, 0.29) is 6.54 Å². The monoisotopic (exact) mass is 271 g/mol. The van der Waals surface area contributed by atoms with Crippen LogP contribution in [0.3, 0.4) is 0 Å². The SMILES string of the molecule is Cn1c(CNCC(F)(F)F)cnc1Br. The molecule has 7 heteroatoms. The van der Waals surface area contributed by atoms with Gasteiger partial charge in [0.05, 0.1) is 18.4 Å². The highest BCUT2D eigenvalue weighted by Crippen LogP contribution is 2.13. The van der Waals surface area contributed by atoms with E-state index in [1.807, 2.05) is 0 Å². The van der Waals surface area contributed by atoms with Crippen molar-refractivity contribution in [3.8, 4) is 0 Å². The molecule has 0 radical (unpaired) electrons. The fourth-order valence-electron chi connectivity index (χ4n) is 0.916. The summed E-state index contributed by atoms with van der Waals surface area (Å²) in [5, 5.41) is 2.29. The molecule has 0 saturated carbocycles. The van der Waals surface area contributed by atoms with Gasteiger partial charge in [-0.15, -0.1) is 0 Å². The maximum absolute atomic E-state index is 11.8. The Labute approximate surface area is 87.4 Å². The maximum Gasteiger partial charge on any atom is 0.401 e. The van der Waals surface area contributed by atoms with Crippen molar-refractivity contribution in [2.24, 2.45) is 7.05 Å². The molecule has 0 amide bonds. The number of alkyl halides is 3. The Hall–Kier alpha value is -0.560. The van der Waals surface area contributed by atoms with Crippen LogP contribution < -0.4 is 5.32 Å². The van der Waals surface area contributed by atoms with Gasteiger partial charge in [0.15, 0.2) is 4.73 Å². The van der Waals surface area contributed by atoms with Gasteiger partial charge in [0.2, 0.25) is 0 Å². The highest BCUT2D eigenvalue weighted by Gasteiger charge is 2.26. The van der Waals surface area contributed by atoms with Gasteiger partial charge in [-0.05, 0) is 15.9 Å². The third-order valence-electron chi connectivity index (χ3n) is 1.66. The molecular formula is C7H9BrF3N3. The number of hydrogen-bond acceptors (Lipinski definition) is 2. The number of halogens is 4. The molecule has 1 N–H and O–H groups in total. The molecule has 1 rings (SSSR count). The lowest BCUT2D eigenvalue weighted by Crippen LogP contribution is -2.28. The molecule has 0 aromatic carbocycles. The lowest BCUT2D eigenvalue weighted by molar-refractivity contribution is -0.125. The largest absolute Gasteiger partial charge is 0.401 e. The van der Waals surface area contributed by atoms with E-state index >= 15 is 0 Å². The summed E-state index contributed by atoms with van der Waals surface area (Å²) in [6, 6.07) is 0. The molecule has 1 aromatic heterocycles. The van der Waals surface area contributed by atoms with E-state index in [0.29, 0.717) is 10.4 Å². The minimum Gasteiger partial charge on any atom is -0.325 e. The van der Waals surface area contributed by atoms with Crippen LogP contribution in [0.4, 0.5) is 13.2 Å². The van der Waals surface area contributed by atoms with Gasteiger partial charge >= 0.3 is 6.18 Å². The van der Waals surface area contributed by atoms with Crippen LogP contribution in [-0.2, 0) is 13.6 Å². The molecule has 0 bridgehead atoms. The van der Waals surface area contributed by atoms with Gasteiger partial charge < -0.3 is 9.88 Å². The first-order valence-corrected chi connectivity index (χ1v) is 4.63. The quantitative estimate of drug-likeness (QED) is 0.909. The predicted octanol–water partition coefficient (Wildman–Crippen LogP) is 1.83. The van der Waals surface area contributed by atoms with Crippen molar-refractivity contribution >= 4 is 15.9 Å². The summed E-state index contributed by atoms with van der Waals surface area (Å²) < 4.78 is 37.6. The fourth-order valence-corrected chi connectivity index (χ4v) is 1.25. The van der Waals surface area contributed by atoms with Gasteiger partial charge in [-0.2, -0.15) is 13.2 Å². The van der Waals surface area contributed by atoms with E-state index in [1.165, 1.54) is 6.20 Å². The zero-order chi connectivity index (χ0) is 10.8. The van der Waals surface area contributed by atoms with Crippen LogP contribution >= 0.6 is 15.9 Å². The molecule has 0 aliphatic rings. The van der Waals surface area contributed by atoms with Crippen molar-refractivity contribution in [3.63, 3.8) is 0 Å². The first-order chi connectivity index (χ1) is 6.40. The summed E-state index contributed by atoms with van der Waals surface area (Å²) in [6.45, 7) is -0.843. The highest BCUT2D eigenvalue weighted by atomic mass is 79.9. The van der Waals surface area contributed by atoms with Gasteiger partial charge in [-0.25, -0.2) is 4.98 Å². The number of aromatic nitrogens is 2. The highest BCUT2D eigenvalue weighted by molar-refractivity contribution is 9.10. The number of hydrogen-bond donors (Lipinski definition) is 1. The summed E-state index contributed by atoms with van der Waals surface area (Å²) >= 11 is 3.15. The van der Waals surface area contributed by atoms with E-state index in [2.05, 4.69) is 26.2 Å². The Morgan fingerprint density at radius 2 is 2.21 bits per heavy atom. The molecule has 80 valence electrons. The second-order valence-electron chi connectivity index (χ2n) is 2.80. The van der Waals surface area contributed by atoms with E-state index < -0.39 is 12.7 Å². The number of nitrogens with zero attached hydrogens (tertiary/aromatic N) is 2. The fraction of sp³-hybridized carbons (Fsp3) is 0.571. The maximum atomic E-state index is 11.8. The van der Waals surface area contributed by atoms with Crippen LogP contribution in [0.5, 0.6) is 0 Å². The van der Waals surface area contributed by atoms with Crippen LogP contribution in [0.1, 0.15) is 5.69 Å². The Morgan fingerprint density at radius 1 is 1.57 bits per heavy atom. The van der Waals surface area contributed by atoms with Crippen molar-refractivity contribution in [2.45, 2.75) is 12.7 Å². The second-order valence-corrected chi connectivity index (χ2v) is 3.51. The summed E-state index contributed by atoms with van der Waals surface area (Å²) in [5.41, 5.74) is 0.695. The van der Waals surface area contributed by atoms with E-state index in [4.69, 9.17) is 0 Å². The van der Waals surface area contributed by atoms with Crippen LogP contribution in [0.25, 0.3) is 0 Å². The standard InChI is InChI=1S/C7H9BrF3N3/c1-14-5(3-13-6(14)8)2-12-4-7(9,10)11/h3,12H,2,4H2,1H3. The molecule has 0 spiro atoms. The second kappa shape index (κ2) is 4.31. The lowest BCUT2D eigenvalue weighted by atomic mass is 10.4. The molecule has 0 fully saturated rings. The van der Waals surface area contributed by atoms with Gasteiger partial charge in [0, 0.05) is 13.6 Å². The normalized spacial score (nSPS) is 12.1. The molecule has 0 unspecified atom stereocenters. The molecule has 1 aromatic rings. The molecule has 0 aliphatic carbocycles. The summed E-state index contributed by atoms with van der Waals surface area (Å²) in [4.78, 5) is 3.89. The predicted molar refractivity (Wildman–Crippen MR) is 48.7 cm³/mol. The third-order valence-corrected chi connectivity index (χ3v) is 2.40. The number of imidazole rings is 1. The Balaban J connectivity index is 2.43. The van der Waals surface area contributed by atoms with Crippen molar-refractivity contribution in [1.82, 2.24) is 14.9 Å². The molecular weight excluding hydrogens is 263 g/mol. The van der Waals surface area contributed by atoms with Crippen LogP contribution in [0.15, 0.2) is 10.9 Å². The molecule has 0 aliphatic heterocycles. The average molecular weight is 272 g/mol. The Morgan fingerprint density at radius 3 is 2.64 bits per heavy atom. The number of rotatable bonds is 3. The average Bonchev–Trinajstić information content (AvgIpc) is 2.33. The van der Waals surface area contributed by atoms with Gasteiger partial charge in [0.25, 0.3) is 0 Å². The van der Waals surface area contributed by atoms with Crippen molar-refractivity contribution in [1.29, 1.82) is 0 Å². The van der Waals surface area contributed by atoms with Crippen molar-refractivity contribution in [3.05, 3.63) is 16.6 Å². The van der Waals surface area contributed by atoms with Crippen molar-refractivity contribution in [2.75, 3.05) is 6.54 Å². The molecule has 14 heavy (non-hydrogen) atoms. The van der Waals surface area contributed by atoms with Crippen LogP contribution in [0, 0.1) is 0 Å². The first kappa shape index (κ1) is 11.5. The summed E-state index contributed by atoms with van der Waals surface area (Å²) in [7, 11) is 1.72. The van der Waals surface area contributed by atoms with Crippen molar-refractivity contribution < 1.29 is 13.2 Å². The first-order valence-electron chi connectivity index (χ1n) is 3.84. The van der Waals surface area contributed by atoms with E-state index in [0.717, 1.165) is 0 Å². The Bertz CT molecular complexity index is 308. The van der Waals surface area contributed by atoms with Gasteiger partial charge in [-0.1, -0.05) is 0 Å². The Kier molecular flexibility index (Phi) is 3.54. The smallest absolute Gasteiger partial charge is 0.325 e. The summed E-state index contributed by atoms with van der Waals surface area (Å²) in [5.74, 6) is 0. The van der Waals surface area contributed by atoms with Crippen LogP contribution in [0.2, 0.25) is 0 Å². The zero-order valence-corrected chi connectivity index (χ0v) is 8.98. The minimum absolute atomic E-state index is 0.147. The minimum atomic E-state index is -4.17. The zero-order valence-electron chi connectivity index (χ0n) is 7.40. The molecule has 0 saturated heterocycles. The molecule has 0 atom stereocenters. The lowest BCUT2D eigenvalue weighted by Gasteiger charge is -2.08. The topological polar surface area (TPSA) is 29.9 Å². The van der Waals surface area contributed by atoms with Crippen LogP contribution in [-0.4, -0.2) is 22.3 Å². The summed E-state index contributed by atoms with van der Waals surface area (Å²) in [6.07, 6.45) is -2.65. The van der Waals surface area contributed by atoms with E-state index in [9.17, 15) is 13.2 Å². The molecule has 1 heterocycles. The number of nitrogens with one attached hydrogen (secondary N) is 1.